The second-order valence-electron chi connectivity index (χ2n) is 11.8. The Morgan fingerprint density at radius 3 is 1.19 bits per heavy atom. The molecule has 222 valence electrons. The zero-order valence-corrected chi connectivity index (χ0v) is 26.0. The highest BCUT2D eigenvalue weighted by atomic mass is 15.1. The lowest BCUT2D eigenvalue weighted by atomic mass is 9.94. The fourth-order valence-corrected chi connectivity index (χ4v) is 6.58. The van der Waals surface area contributed by atoms with Crippen LogP contribution in [0.15, 0.2) is 200 Å². The van der Waals surface area contributed by atoms with E-state index in [4.69, 9.17) is 0 Å². The quantitative estimate of drug-likeness (QED) is 0.176. The van der Waals surface area contributed by atoms with Crippen molar-refractivity contribution in [2.75, 3.05) is 4.90 Å². The molecule has 0 fully saturated rings. The van der Waals surface area contributed by atoms with Crippen LogP contribution in [0, 0.1) is 0 Å². The predicted octanol–water partition coefficient (Wildman–Crippen LogP) is 13.0. The average molecular weight is 600 g/mol. The maximum absolute atomic E-state index is 2.47. The zero-order chi connectivity index (χ0) is 31.4. The summed E-state index contributed by atoms with van der Waals surface area (Å²) in [4.78, 5) is 2.47. The Bertz CT molecular complexity index is 2210. The molecule has 0 N–H and O–H groups in total. The van der Waals surface area contributed by atoms with Gasteiger partial charge >= 0.3 is 0 Å². The standard InChI is InChI=1S/C46H33N/c1-4-17-35(18-5-1)41-24-12-14-26-44(41)47(45-27-15-13-25-42(45)36-19-6-2-7-20-36)46-33-40(30-31-43(46)37-21-8-3-9-22-37)39-29-28-34-16-10-11-23-38(34)32-39/h1-33H. The van der Waals surface area contributed by atoms with Crippen molar-refractivity contribution in [2.45, 2.75) is 0 Å². The lowest BCUT2D eigenvalue weighted by Gasteiger charge is -2.32. The van der Waals surface area contributed by atoms with Gasteiger partial charge in [0.15, 0.2) is 0 Å². The van der Waals surface area contributed by atoms with E-state index in [-0.39, 0.29) is 0 Å². The fraction of sp³-hybridized carbons (Fsp3) is 0. The SMILES string of the molecule is c1ccc(-c2ccccc2N(c2ccccc2-c2ccccc2)c2cc(-c3ccc4ccccc4c3)ccc2-c2ccccc2)cc1. The number of hydrogen-bond acceptors (Lipinski definition) is 1. The van der Waals surface area contributed by atoms with Gasteiger partial charge in [-0.3, -0.25) is 0 Å². The molecule has 0 heterocycles. The number of rotatable bonds is 7. The molecule has 0 saturated carbocycles. The van der Waals surface area contributed by atoms with Gasteiger partial charge in [-0.05, 0) is 62.9 Å². The molecule has 0 unspecified atom stereocenters. The second kappa shape index (κ2) is 12.7. The Morgan fingerprint density at radius 1 is 0.234 bits per heavy atom. The molecule has 0 aliphatic rings. The van der Waals surface area contributed by atoms with E-state index < -0.39 is 0 Å². The van der Waals surface area contributed by atoms with Crippen LogP contribution in [0.1, 0.15) is 0 Å². The Hall–Kier alpha value is -6.18. The van der Waals surface area contributed by atoms with Crippen LogP contribution >= 0.6 is 0 Å². The Morgan fingerprint density at radius 2 is 0.638 bits per heavy atom. The smallest absolute Gasteiger partial charge is 0.0546 e. The highest BCUT2D eigenvalue weighted by Gasteiger charge is 2.23. The summed E-state index contributed by atoms with van der Waals surface area (Å²) in [5.41, 5.74) is 12.8. The molecule has 0 aromatic heterocycles. The number of benzene rings is 8. The van der Waals surface area contributed by atoms with Gasteiger partial charge in [-0.1, -0.05) is 176 Å². The van der Waals surface area contributed by atoms with E-state index in [2.05, 4.69) is 205 Å². The highest BCUT2D eigenvalue weighted by Crippen LogP contribution is 2.48. The minimum Gasteiger partial charge on any atom is -0.309 e. The molecular weight excluding hydrogens is 567 g/mol. The van der Waals surface area contributed by atoms with E-state index in [1.165, 1.54) is 55.3 Å². The monoisotopic (exact) mass is 599 g/mol. The Kier molecular flexibility index (Phi) is 7.63. The van der Waals surface area contributed by atoms with Crippen LogP contribution in [0.3, 0.4) is 0 Å². The fourth-order valence-electron chi connectivity index (χ4n) is 6.58. The van der Waals surface area contributed by atoms with Crippen molar-refractivity contribution in [3.8, 4) is 44.5 Å². The lowest BCUT2D eigenvalue weighted by molar-refractivity contribution is 1.28. The summed E-state index contributed by atoms with van der Waals surface area (Å²) in [5, 5.41) is 2.48. The van der Waals surface area contributed by atoms with Crippen molar-refractivity contribution in [3.05, 3.63) is 200 Å². The molecule has 1 nitrogen and oxygen atoms in total. The van der Waals surface area contributed by atoms with Crippen molar-refractivity contribution in [2.24, 2.45) is 0 Å². The molecule has 1 heteroatoms. The normalized spacial score (nSPS) is 11.0. The first-order valence-corrected chi connectivity index (χ1v) is 16.1. The van der Waals surface area contributed by atoms with Crippen LogP contribution in [-0.4, -0.2) is 0 Å². The largest absolute Gasteiger partial charge is 0.309 e. The minimum absolute atomic E-state index is 1.12. The van der Waals surface area contributed by atoms with Crippen molar-refractivity contribution in [1.29, 1.82) is 0 Å². The molecule has 0 bridgehead atoms. The van der Waals surface area contributed by atoms with E-state index in [0.29, 0.717) is 0 Å². The predicted molar refractivity (Wildman–Crippen MR) is 200 cm³/mol. The molecule has 8 rings (SSSR count). The summed E-state index contributed by atoms with van der Waals surface area (Å²) < 4.78 is 0. The Balaban J connectivity index is 1.44. The number of nitrogens with zero attached hydrogens (tertiary/aromatic N) is 1. The minimum atomic E-state index is 1.12. The topological polar surface area (TPSA) is 3.24 Å². The maximum atomic E-state index is 2.47. The molecular formula is C46H33N. The van der Waals surface area contributed by atoms with E-state index in [1.807, 2.05) is 0 Å². The summed E-state index contributed by atoms with van der Waals surface area (Å²) in [6, 6.07) is 72.0. The van der Waals surface area contributed by atoms with E-state index in [1.54, 1.807) is 0 Å². The van der Waals surface area contributed by atoms with Gasteiger partial charge in [-0.2, -0.15) is 0 Å². The third kappa shape index (κ3) is 5.60. The summed E-state index contributed by atoms with van der Waals surface area (Å²) in [7, 11) is 0. The third-order valence-electron chi connectivity index (χ3n) is 8.87. The molecule has 0 radical (unpaired) electrons. The molecule has 0 aliphatic heterocycles. The lowest BCUT2D eigenvalue weighted by Crippen LogP contribution is -2.14. The van der Waals surface area contributed by atoms with Gasteiger partial charge in [0.25, 0.3) is 0 Å². The van der Waals surface area contributed by atoms with Gasteiger partial charge in [-0.15, -0.1) is 0 Å². The first kappa shape index (κ1) is 28.3. The molecule has 0 atom stereocenters. The molecule has 8 aromatic carbocycles. The van der Waals surface area contributed by atoms with Crippen molar-refractivity contribution >= 4 is 27.8 Å². The molecule has 0 amide bonds. The zero-order valence-electron chi connectivity index (χ0n) is 26.0. The summed E-state index contributed by atoms with van der Waals surface area (Å²) in [6.45, 7) is 0. The van der Waals surface area contributed by atoms with Crippen LogP contribution in [0.5, 0.6) is 0 Å². The van der Waals surface area contributed by atoms with Crippen molar-refractivity contribution < 1.29 is 0 Å². The van der Waals surface area contributed by atoms with Gasteiger partial charge < -0.3 is 4.90 Å². The first-order chi connectivity index (χ1) is 23.3. The third-order valence-corrected chi connectivity index (χ3v) is 8.87. The van der Waals surface area contributed by atoms with E-state index in [0.717, 1.165) is 17.1 Å². The van der Waals surface area contributed by atoms with Gasteiger partial charge in [0.2, 0.25) is 0 Å². The van der Waals surface area contributed by atoms with Gasteiger partial charge in [0, 0.05) is 16.7 Å². The van der Waals surface area contributed by atoms with Crippen LogP contribution in [0.25, 0.3) is 55.3 Å². The summed E-state index contributed by atoms with van der Waals surface area (Å²) in [6.07, 6.45) is 0. The molecule has 47 heavy (non-hydrogen) atoms. The van der Waals surface area contributed by atoms with Gasteiger partial charge in [0.05, 0.1) is 17.1 Å². The van der Waals surface area contributed by atoms with Crippen LogP contribution < -0.4 is 4.90 Å². The van der Waals surface area contributed by atoms with E-state index >= 15 is 0 Å². The molecule has 0 saturated heterocycles. The Labute approximate surface area is 276 Å². The number of fused-ring (bicyclic) bond motifs is 1. The number of para-hydroxylation sites is 2. The summed E-state index contributed by atoms with van der Waals surface area (Å²) in [5.74, 6) is 0. The summed E-state index contributed by atoms with van der Waals surface area (Å²) >= 11 is 0. The first-order valence-electron chi connectivity index (χ1n) is 16.1. The molecule has 0 aliphatic carbocycles. The number of hydrogen-bond donors (Lipinski definition) is 0. The van der Waals surface area contributed by atoms with E-state index in [9.17, 15) is 0 Å². The molecule has 0 spiro atoms. The van der Waals surface area contributed by atoms with Crippen LogP contribution in [0.2, 0.25) is 0 Å². The number of anilines is 3. The average Bonchev–Trinajstić information content (AvgIpc) is 3.16. The van der Waals surface area contributed by atoms with Crippen molar-refractivity contribution in [1.82, 2.24) is 0 Å². The highest BCUT2D eigenvalue weighted by molar-refractivity contribution is 5.99. The van der Waals surface area contributed by atoms with Gasteiger partial charge in [0.1, 0.15) is 0 Å². The van der Waals surface area contributed by atoms with Gasteiger partial charge in [-0.25, -0.2) is 0 Å². The van der Waals surface area contributed by atoms with Crippen LogP contribution in [-0.2, 0) is 0 Å². The molecule has 8 aromatic rings. The van der Waals surface area contributed by atoms with Crippen molar-refractivity contribution in [3.63, 3.8) is 0 Å². The maximum Gasteiger partial charge on any atom is 0.0546 e. The van der Waals surface area contributed by atoms with Crippen LogP contribution in [0.4, 0.5) is 17.1 Å². The second-order valence-corrected chi connectivity index (χ2v) is 11.8.